The minimum absolute atomic E-state index is 0.0181. The number of hydrogen-bond acceptors (Lipinski definition) is 4. The number of pyridine rings is 1. The highest BCUT2D eigenvalue weighted by atomic mass is 35.5. The van der Waals surface area contributed by atoms with Crippen LogP contribution in [0.5, 0.6) is 0 Å². The monoisotopic (exact) mass is 301 g/mol. The molecule has 1 amide bonds. The molecule has 21 heavy (non-hydrogen) atoms. The second kappa shape index (κ2) is 6.84. The average molecular weight is 302 g/mol. The average Bonchev–Trinajstić information content (AvgIpc) is 2.52. The predicted octanol–water partition coefficient (Wildman–Crippen LogP) is 2.07. The Morgan fingerprint density at radius 3 is 2.76 bits per heavy atom. The first-order valence-corrected chi connectivity index (χ1v) is 6.56. The summed E-state index contributed by atoms with van der Waals surface area (Å²) in [6.07, 6.45) is 0.417. The molecule has 1 aromatic carbocycles. The molecule has 2 rings (SSSR count). The molecule has 0 radical (unpaired) electrons. The fourth-order valence-corrected chi connectivity index (χ4v) is 1.99. The van der Waals surface area contributed by atoms with Gasteiger partial charge in [0.05, 0.1) is 11.7 Å². The SMILES string of the molecule is N#Cc1ccc(C(=O)NCC(O)c2ccccc2Cl)nc1. The molecule has 106 valence electrons. The highest BCUT2D eigenvalue weighted by Crippen LogP contribution is 2.21. The smallest absolute Gasteiger partial charge is 0.269 e. The molecule has 0 bridgehead atoms. The maximum absolute atomic E-state index is 11.9. The number of aliphatic hydroxyl groups is 1. The van der Waals surface area contributed by atoms with Crippen molar-refractivity contribution in [3.63, 3.8) is 0 Å². The molecule has 0 fully saturated rings. The van der Waals surface area contributed by atoms with E-state index in [0.29, 0.717) is 16.1 Å². The molecule has 6 heteroatoms. The Balaban J connectivity index is 1.97. The predicted molar refractivity (Wildman–Crippen MR) is 77.7 cm³/mol. The Labute approximate surface area is 126 Å². The number of aliphatic hydroxyl groups excluding tert-OH is 1. The second-order valence-electron chi connectivity index (χ2n) is 4.29. The van der Waals surface area contributed by atoms with Crippen molar-refractivity contribution in [1.29, 1.82) is 5.26 Å². The van der Waals surface area contributed by atoms with E-state index in [1.807, 2.05) is 6.07 Å². The molecule has 1 heterocycles. The number of carbonyl (C=O) groups is 1. The number of nitriles is 1. The van der Waals surface area contributed by atoms with Gasteiger partial charge in [0.1, 0.15) is 11.8 Å². The van der Waals surface area contributed by atoms with Gasteiger partial charge >= 0.3 is 0 Å². The third-order valence-corrected chi connectivity index (χ3v) is 3.19. The second-order valence-corrected chi connectivity index (χ2v) is 4.70. The lowest BCUT2D eigenvalue weighted by Crippen LogP contribution is -2.29. The molecule has 1 unspecified atom stereocenters. The number of aromatic nitrogens is 1. The maximum atomic E-state index is 11.9. The number of carbonyl (C=O) groups excluding carboxylic acids is 1. The van der Waals surface area contributed by atoms with Crippen molar-refractivity contribution < 1.29 is 9.90 Å². The minimum atomic E-state index is -0.902. The number of nitrogens with zero attached hydrogens (tertiary/aromatic N) is 2. The van der Waals surface area contributed by atoms with Crippen LogP contribution in [0.1, 0.15) is 27.7 Å². The fourth-order valence-electron chi connectivity index (χ4n) is 1.73. The van der Waals surface area contributed by atoms with Crippen molar-refractivity contribution >= 4 is 17.5 Å². The van der Waals surface area contributed by atoms with Crippen LogP contribution in [0.4, 0.5) is 0 Å². The Hall–Kier alpha value is -2.42. The van der Waals surface area contributed by atoms with Crippen LogP contribution in [0.25, 0.3) is 0 Å². The van der Waals surface area contributed by atoms with Gasteiger partial charge in [-0.1, -0.05) is 29.8 Å². The first kappa shape index (κ1) is 15.0. The van der Waals surface area contributed by atoms with Crippen LogP contribution in [-0.4, -0.2) is 22.5 Å². The van der Waals surface area contributed by atoms with Gasteiger partial charge in [0, 0.05) is 23.3 Å². The van der Waals surface area contributed by atoms with Crippen LogP contribution in [-0.2, 0) is 0 Å². The van der Waals surface area contributed by atoms with Crippen molar-refractivity contribution in [3.8, 4) is 6.07 Å². The number of benzene rings is 1. The summed E-state index contributed by atoms with van der Waals surface area (Å²) in [5.74, 6) is -0.425. The molecule has 0 saturated carbocycles. The molecule has 0 aliphatic heterocycles. The number of halogens is 1. The van der Waals surface area contributed by atoms with Crippen molar-refractivity contribution in [2.45, 2.75) is 6.10 Å². The maximum Gasteiger partial charge on any atom is 0.269 e. The molecule has 2 N–H and O–H groups in total. The van der Waals surface area contributed by atoms with E-state index in [9.17, 15) is 9.90 Å². The van der Waals surface area contributed by atoms with Gasteiger partial charge in [-0.25, -0.2) is 4.98 Å². The molecule has 0 saturated heterocycles. The van der Waals surface area contributed by atoms with Gasteiger partial charge in [0.15, 0.2) is 0 Å². The lowest BCUT2D eigenvalue weighted by Gasteiger charge is -2.13. The van der Waals surface area contributed by atoms with Gasteiger partial charge in [-0.05, 0) is 18.2 Å². The highest BCUT2D eigenvalue weighted by molar-refractivity contribution is 6.31. The molecule has 5 nitrogen and oxygen atoms in total. The standard InChI is InChI=1S/C15H12ClN3O2/c16-12-4-2-1-3-11(12)14(20)9-19-15(21)13-6-5-10(7-17)8-18-13/h1-6,8,14,20H,9H2,(H,19,21). The van der Waals surface area contributed by atoms with Gasteiger partial charge in [-0.2, -0.15) is 5.26 Å². The highest BCUT2D eigenvalue weighted by Gasteiger charge is 2.13. The summed E-state index contributed by atoms with van der Waals surface area (Å²) in [5, 5.41) is 21.7. The Kier molecular flexibility index (Phi) is 4.88. The topological polar surface area (TPSA) is 86.0 Å². The van der Waals surface area contributed by atoms with E-state index in [4.69, 9.17) is 16.9 Å². The van der Waals surface area contributed by atoms with Crippen molar-refractivity contribution in [2.75, 3.05) is 6.54 Å². The van der Waals surface area contributed by atoms with Crippen molar-refractivity contribution in [2.24, 2.45) is 0 Å². The molecular weight excluding hydrogens is 290 g/mol. The minimum Gasteiger partial charge on any atom is -0.387 e. The van der Waals surface area contributed by atoms with E-state index in [1.165, 1.54) is 18.3 Å². The quantitative estimate of drug-likeness (QED) is 0.905. The zero-order valence-corrected chi connectivity index (χ0v) is 11.7. The zero-order chi connectivity index (χ0) is 15.2. The summed E-state index contributed by atoms with van der Waals surface area (Å²) >= 11 is 5.97. The number of amides is 1. The fraction of sp³-hybridized carbons (Fsp3) is 0.133. The van der Waals surface area contributed by atoms with Crippen LogP contribution >= 0.6 is 11.6 Å². The van der Waals surface area contributed by atoms with E-state index < -0.39 is 12.0 Å². The first-order chi connectivity index (χ1) is 10.1. The normalized spacial score (nSPS) is 11.5. The third kappa shape index (κ3) is 3.78. The van der Waals surface area contributed by atoms with Crippen LogP contribution < -0.4 is 5.32 Å². The first-order valence-electron chi connectivity index (χ1n) is 6.18. The zero-order valence-electron chi connectivity index (χ0n) is 11.0. The summed E-state index contributed by atoms with van der Waals surface area (Å²) < 4.78 is 0. The van der Waals surface area contributed by atoms with Gasteiger partial charge < -0.3 is 10.4 Å². The van der Waals surface area contributed by atoms with E-state index in [1.54, 1.807) is 24.3 Å². The summed E-state index contributed by atoms with van der Waals surface area (Å²) in [6.45, 7) is 0.0181. The largest absolute Gasteiger partial charge is 0.387 e. The molecule has 0 aliphatic carbocycles. The molecule has 0 spiro atoms. The van der Waals surface area contributed by atoms with E-state index >= 15 is 0 Å². The third-order valence-electron chi connectivity index (χ3n) is 2.85. The van der Waals surface area contributed by atoms with Gasteiger partial charge in [-0.15, -0.1) is 0 Å². The van der Waals surface area contributed by atoms with Gasteiger partial charge in [0.25, 0.3) is 5.91 Å². The number of hydrogen-bond donors (Lipinski definition) is 2. The van der Waals surface area contributed by atoms with Crippen LogP contribution in [0.15, 0.2) is 42.6 Å². The van der Waals surface area contributed by atoms with Crippen LogP contribution in [0.2, 0.25) is 5.02 Å². The van der Waals surface area contributed by atoms with Gasteiger partial charge in [-0.3, -0.25) is 4.79 Å². The summed E-state index contributed by atoms with van der Waals surface area (Å²) in [6, 6.07) is 11.8. The van der Waals surface area contributed by atoms with Crippen molar-refractivity contribution in [3.05, 3.63) is 64.4 Å². The van der Waals surface area contributed by atoms with Gasteiger partial charge in [0.2, 0.25) is 0 Å². The van der Waals surface area contributed by atoms with E-state index in [2.05, 4.69) is 10.3 Å². The lowest BCUT2D eigenvalue weighted by atomic mass is 10.1. The molecule has 1 aromatic heterocycles. The summed E-state index contributed by atoms with van der Waals surface area (Å²) in [5.41, 5.74) is 1.11. The molecule has 2 aromatic rings. The Morgan fingerprint density at radius 2 is 2.14 bits per heavy atom. The molecule has 1 atom stereocenters. The number of nitrogens with one attached hydrogen (secondary N) is 1. The molecular formula is C15H12ClN3O2. The number of rotatable bonds is 4. The summed E-state index contributed by atoms with van der Waals surface area (Å²) in [4.78, 5) is 15.7. The van der Waals surface area contributed by atoms with Crippen LogP contribution in [0, 0.1) is 11.3 Å². The summed E-state index contributed by atoms with van der Waals surface area (Å²) in [7, 11) is 0. The Bertz CT molecular complexity index is 680. The Morgan fingerprint density at radius 1 is 1.38 bits per heavy atom. The van der Waals surface area contributed by atoms with E-state index in [0.717, 1.165) is 0 Å². The van der Waals surface area contributed by atoms with Crippen LogP contribution in [0.3, 0.4) is 0 Å². The van der Waals surface area contributed by atoms with Crippen molar-refractivity contribution in [1.82, 2.24) is 10.3 Å². The molecule has 0 aliphatic rings. The lowest BCUT2D eigenvalue weighted by molar-refractivity contribution is 0.0911. The van der Waals surface area contributed by atoms with E-state index in [-0.39, 0.29) is 12.2 Å².